The van der Waals surface area contributed by atoms with Gasteiger partial charge in [0, 0.05) is 0 Å². The number of nitrogens with one attached hydrogen (secondary N) is 1. The Balaban J connectivity index is 1.77. The first-order valence-electron chi connectivity index (χ1n) is 7.60. The molecule has 5 nitrogen and oxygen atoms in total. The third-order valence-corrected chi connectivity index (χ3v) is 5.51. The van der Waals surface area contributed by atoms with Crippen molar-refractivity contribution in [2.45, 2.75) is 27.1 Å². The minimum atomic E-state index is 0.599. The van der Waals surface area contributed by atoms with E-state index in [0.29, 0.717) is 11.4 Å². The second-order valence-electron chi connectivity index (χ2n) is 5.94. The van der Waals surface area contributed by atoms with E-state index in [2.05, 4.69) is 49.5 Å². The molecule has 2 heterocycles. The van der Waals surface area contributed by atoms with E-state index in [1.54, 1.807) is 20.7 Å². The van der Waals surface area contributed by atoms with E-state index in [1.165, 1.54) is 20.9 Å². The number of hydrogen-bond donors (Lipinski definition) is 1. The van der Waals surface area contributed by atoms with Crippen molar-refractivity contribution in [2.24, 2.45) is 0 Å². The van der Waals surface area contributed by atoms with Crippen LogP contribution in [-0.2, 0) is 13.2 Å². The molecule has 8 heteroatoms. The van der Waals surface area contributed by atoms with Crippen LogP contribution in [0.3, 0.4) is 0 Å². The van der Waals surface area contributed by atoms with Crippen LogP contribution in [0.2, 0.25) is 4.34 Å². The fourth-order valence-corrected chi connectivity index (χ4v) is 3.89. The predicted octanol–water partition coefficient (Wildman–Crippen LogP) is 2.80. The number of thiophene rings is 1. The average molecular weight is 381 g/mol. The Labute approximate surface area is 155 Å². The number of hydrogen-bond acceptors (Lipinski definition) is 4. The van der Waals surface area contributed by atoms with Crippen molar-refractivity contribution in [3.63, 3.8) is 0 Å². The molecule has 0 bridgehead atoms. The quantitative estimate of drug-likeness (QED) is 0.692. The molecule has 24 heavy (non-hydrogen) atoms. The van der Waals surface area contributed by atoms with E-state index in [-0.39, 0.29) is 0 Å². The Bertz CT molecular complexity index is 911. The van der Waals surface area contributed by atoms with Gasteiger partial charge in [0.2, 0.25) is 4.77 Å². The van der Waals surface area contributed by atoms with Gasteiger partial charge in [-0.15, -0.1) is 11.3 Å². The molecule has 3 aromatic rings. The SMILES string of the molecule is Cc1ccc(-n2nnn(C[NH+](C)Cc3ccc(Cl)s3)c2=S)cc1C. The van der Waals surface area contributed by atoms with Gasteiger partial charge in [-0.05, 0) is 71.9 Å². The second kappa shape index (κ2) is 7.14. The number of halogens is 1. The maximum absolute atomic E-state index is 5.99. The molecule has 0 saturated carbocycles. The summed E-state index contributed by atoms with van der Waals surface area (Å²) in [7, 11) is 2.10. The lowest BCUT2D eigenvalue weighted by Gasteiger charge is -2.11. The summed E-state index contributed by atoms with van der Waals surface area (Å²) in [6.45, 7) is 5.69. The van der Waals surface area contributed by atoms with E-state index in [1.807, 2.05) is 12.1 Å². The number of rotatable bonds is 5. The highest BCUT2D eigenvalue weighted by atomic mass is 35.5. The molecule has 0 amide bonds. The van der Waals surface area contributed by atoms with Gasteiger partial charge in [-0.25, -0.2) is 0 Å². The first-order chi connectivity index (χ1) is 11.4. The van der Waals surface area contributed by atoms with Crippen LogP contribution in [-0.4, -0.2) is 26.8 Å². The van der Waals surface area contributed by atoms with Gasteiger partial charge >= 0.3 is 0 Å². The summed E-state index contributed by atoms with van der Waals surface area (Å²) in [5.41, 5.74) is 3.40. The lowest BCUT2D eigenvalue weighted by molar-refractivity contribution is -0.917. The van der Waals surface area contributed by atoms with Crippen LogP contribution in [0.25, 0.3) is 5.69 Å². The normalized spacial score (nSPS) is 12.5. The van der Waals surface area contributed by atoms with Crippen molar-refractivity contribution in [1.82, 2.24) is 19.8 Å². The molecule has 0 aliphatic carbocycles. The number of nitrogens with zero attached hydrogens (tertiary/aromatic N) is 4. The molecule has 1 N–H and O–H groups in total. The lowest BCUT2D eigenvalue weighted by atomic mass is 10.1. The summed E-state index contributed by atoms with van der Waals surface area (Å²) in [6, 6.07) is 10.2. The summed E-state index contributed by atoms with van der Waals surface area (Å²) in [5, 5.41) is 8.43. The molecule has 0 aliphatic rings. The molecule has 0 saturated heterocycles. The monoisotopic (exact) mass is 380 g/mol. The van der Waals surface area contributed by atoms with Gasteiger partial charge in [0.1, 0.15) is 6.54 Å². The lowest BCUT2D eigenvalue weighted by Crippen LogP contribution is -3.06. The van der Waals surface area contributed by atoms with Gasteiger partial charge in [0.25, 0.3) is 0 Å². The molecule has 1 unspecified atom stereocenters. The Morgan fingerprint density at radius 1 is 1.17 bits per heavy atom. The first kappa shape index (κ1) is 17.3. The van der Waals surface area contributed by atoms with Crippen LogP contribution in [0.15, 0.2) is 30.3 Å². The Kier molecular flexibility index (Phi) is 5.15. The summed E-state index contributed by atoms with van der Waals surface area (Å²) >= 11 is 13.1. The highest BCUT2D eigenvalue weighted by Gasteiger charge is 2.12. The van der Waals surface area contributed by atoms with Gasteiger partial charge < -0.3 is 4.90 Å². The van der Waals surface area contributed by atoms with Crippen molar-refractivity contribution >= 4 is 35.2 Å². The Morgan fingerprint density at radius 3 is 2.62 bits per heavy atom. The molecule has 0 radical (unpaired) electrons. The number of benzene rings is 1. The predicted molar refractivity (Wildman–Crippen MR) is 99.6 cm³/mol. The van der Waals surface area contributed by atoms with Gasteiger partial charge in [0.05, 0.1) is 21.9 Å². The van der Waals surface area contributed by atoms with Crippen LogP contribution >= 0.6 is 35.2 Å². The number of tetrazole rings is 1. The highest BCUT2D eigenvalue weighted by Crippen LogP contribution is 2.20. The topological polar surface area (TPSA) is 40.1 Å². The first-order valence-corrected chi connectivity index (χ1v) is 9.20. The zero-order chi connectivity index (χ0) is 17.3. The molecule has 0 fully saturated rings. The van der Waals surface area contributed by atoms with Gasteiger partial charge in [-0.1, -0.05) is 17.7 Å². The van der Waals surface area contributed by atoms with Crippen molar-refractivity contribution in [3.8, 4) is 5.69 Å². The van der Waals surface area contributed by atoms with Crippen LogP contribution in [0.1, 0.15) is 16.0 Å². The van der Waals surface area contributed by atoms with Crippen molar-refractivity contribution in [3.05, 3.63) is 55.4 Å². The van der Waals surface area contributed by atoms with Crippen molar-refractivity contribution < 1.29 is 4.90 Å². The highest BCUT2D eigenvalue weighted by molar-refractivity contribution is 7.71. The van der Waals surface area contributed by atoms with E-state index >= 15 is 0 Å². The minimum Gasteiger partial charge on any atom is -0.314 e. The molecule has 2 aromatic heterocycles. The van der Waals surface area contributed by atoms with Crippen LogP contribution in [0, 0.1) is 18.6 Å². The summed E-state index contributed by atoms with van der Waals surface area (Å²) < 4.78 is 4.88. The molecular formula is C16H19ClN5S2+. The summed E-state index contributed by atoms with van der Waals surface area (Å²) in [6.07, 6.45) is 0. The fraction of sp³-hybridized carbons (Fsp3) is 0.312. The summed E-state index contributed by atoms with van der Waals surface area (Å²) in [4.78, 5) is 2.50. The molecule has 0 aliphatic heterocycles. The smallest absolute Gasteiger partial charge is 0.225 e. The minimum absolute atomic E-state index is 0.599. The van der Waals surface area contributed by atoms with Crippen LogP contribution < -0.4 is 4.90 Å². The maximum atomic E-state index is 5.99. The number of aromatic nitrogens is 4. The third kappa shape index (κ3) is 3.75. The largest absolute Gasteiger partial charge is 0.314 e. The molecule has 126 valence electrons. The molecule has 3 rings (SSSR count). The number of aryl methyl sites for hydroxylation is 2. The Hall–Kier alpha value is -1.54. The van der Waals surface area contributed by atoms with E-state index in [9.17, 15) is 0 Å². The van der Waals surface area contributed by atoms with E-state index in [4.69, 9.17) is 23.8 Å². The van der Waals surface area contributed by atoms with E-state index < -0.39 is 0 Å². The number of quaternary nitrogens is 1. The molecular weight excluding hydrogens is 362 g/mol. The average Bonchev–Trinajstić information content (AvgIpc) is 3.09. The summed E-state index contributed by atoms with van der Waals surface area (Å²) in [5.74, 6) is 0. The van der Waals surface area contributed by atoms with Gasteiger partial charge in [0.15, 0.2) is 6.67 Å². The van der Waals surface area contributed by atoms with Crippen molar-refractivity contribution in [1.29, 1.82) is 0 Å². The van der Waals surface area contributed by atoms with Crippen molar-refractivity contribution in [2.75, 3.05) is 7.05 Å². The third-order valence-electron chi connectivity index (χ3n) is 3.90. The van der Waals surface area contributed by atoms with Gasteiger partial charge in [-0.2, -0.15) is 9.36 Å². The molecule has 1 aromatic carbocycles. The second-order valence-corrected chi connectivity index (χ2v) is 8.10. The zero-order valence-corrected chi connectivity index (χ0v) is 16.2. The zero-order valence-electron chi connectivity index (χ0n) is 13.8. The van der Waals surface area contributed by atoms with E-state index in [0.717, 1.165) is 16.6 Å². The maximum Gasteiger partial charge on any atom is 0.225 e. The fourth-order valence-electron chi connectivity index (χ4n) is 2.45. The standard InChI is InChI=1S/C16H18ClN5S2/c1-11-4-5-13(8-12(11)2)22-16(23)21(18-19-22)10-20(3)9-14-6-7-15(17)24-14/h4-8H,9-10H2,1-3H3/p+1. The molecule has 0 spiro atoms. The molecule has 1 atom stereocenters. The van der Waals surface area contributed by atoms with Crippen LogP contribution in [0.4, 0.5) is 0 Å². The van der Waals surface area contributed by atoms with Gasteiger partial charge in [-0.3, -0.25) is 0 Å². The Morgan fingerprint density at radius 2 is 1.96 bits per heavy atom. The van der Waals surface area contributed by atoms with Crippen LogP contribution in [0.5, 0.6) is 0 Å².